The maximum atomic E-state index is 13.4. The number of aryl methyl sites for hydroxylation is 4. The number of alkyl halides is 6. The van der Waals surface area contributed by atoms with Gasteiger partial charge in [-0.2, -0.15) is 31.6 Å². The number of nitrogens with zero attached hydrogens (tertiary/aromatic N) is 1. The average Bonchev–Trinajstić information content (AvgIpc) is 3.30. The van der Waals surface area contributed by atoms with E-state index in [0.717, 1.165) is 34.3 Å². The predicted octanol–water partition coefficient (Wildman–Crippen LogP) is 22.1. The molecule has 2 nitrogen and oxygen atoms in total. The third-order valence-electron chi connectivity index (χ3n) is 13.0. The maximum Gasteiger partial charge on any atom is 0.416 e. The van der Waals surface area contributed by atoms with Crippen LogP contribution in [0.15, 0.2) is 115 Å². The van der Waals surface area contributed by atoms with Gasteiger partial charge in [-0.1, -0.05) is 209 Å². The zero-order chi connectivity index (χ0) is 61.4. The summed E-state index contributed by atoms with van der Waals surface area (Å²) in [5, 5.41) is 18.5. The lowest BCUT2D eigenvalue weighted by Gasteiger charge is -2.21. The van der Waals surface area contributed by atoms with Crippen molar-refractivity contribution in [3.63, 3.8) is 0 Å². The van der Waals surface area contributed by atoms with E-state index in [9.17, 15) is 30.7 Å². The largest absolute Gasteiger partial charge is 0.416 e. The molecule has 0 bridgehead atoms. The van der Waals surface area contributed by atoms with Gasteiger partial charge in [0, 0.05) is 5.02 Å². The minimum atomic E-state index is -4.49. The van der Waals surface area contributed by atoms with Gasteiger partial charge in [0.25, 0.3) is 0 Å². The van der Waals surface area contributed by atoms with E-state index in [2.05, 4.69) is 172 Å². The van der Waals surface area contributed by atoms with Crippen LogP contribution in [0.25, 0.3) is 0 Å². The van der Waals surface area contributed by atoms with Gasteiger partial charge in [0.05, 0.1) is 29.4 Å². The molecule has 0 spiro atoms. The predicted molar refractivity (Wildman–Crippen MR) is 320 cm³/mol. The number of benzene rings is 6. The lowest BCUT2D eigenvalue weighted by molar-refractivity contribution is -0.138. The van der Waals surface area contributed by atoms with Crippen molar-refractivity contribution in [2.45, 2.75) is 211 Å². The monoisotopic (exact) mass is 1120 g/mol. The summed E-state index contributed by atoms with van der Waals surface area (Å²) in [5.74, 6) is 0.471. The minimum absolute atomic E-state index is 0.106. The van der Waals surface area contributed by atoms with E-state index in [1.807, 2.05) is 44.2 Å². The average molecular weight is 1120 g/mol. The molecule has 0 heterocycles. The quantitative estimate of drug-likeness (QED) is 0.179. The highest BCUT2D eigenvalue weighted by molar-refractivity contribution is 6.30. The van der Waals surface area contributed by atoms with Crippen LogP contribution in [0, 0.1) is 44.8 Å². The van der Waals surface area contributed by atoms with E-state index in [1.54, 1.807) is 20.8 Å². The van der Waals surface area contributed by atoms with Crippen molar-refractivity contribution >= 4 is 11.6 Å². The number of hydrogen-bond acceptors (Lipinski definition) is 2. The van der Waals surface area contributed by atoms with Crippen molar-refractivity contribution in [2.24, 2.45) is 0 Å². The van der Waals surface area contributed by atoms with Gasteiger partial charge < -0.3 is 5.11 Å². The van der Waals surface area contributed by atoms with E-state index >= 15 is 0 Å². The fourth-order valence-electron chi connectivity index (χ4n) is 8.67. The molecule has 0 aliphatic carbocycles. The SMILES string of the molecule is CC(C)(C)c1ccc(C(F)(F)F)cc1F.CC(C)c1ccc(C(C)(C)C)cc1.CC(C)c1ccc(C(F)(F)F)cc1CO.Cc1cc(C#N)ccc1C(C)C.Cc1cc(Cl)ccc1C(C)(C)C.Cc1ccc(C(C)(C)C)c(C)c1. The van der Waals surface area contributed by atoms with Crippen molar-refractivity contribution in [3.05, 3.63) is 210 Å². The second-order valence-corrected chi connectivity index (χ2v) is 25.7. The van der Waals surface area contributed by atoms with E-state index in [4.69, 9.17) is 22.0 Å². The Morgan fingerprint density at radius 3 is 1.24 bits per heavy atom. The normalized spacial score (nSPS) is 11.9. The molecule has 0 radical (unpaired) electrons. The lowest BCUT2D eigenvalue weighted by atomic mass is 9.84. The Balaban J connectivity index is 0.000000475. The second-order valence-electron chi connectivity index (χ2n) is 25.3. The van der Waals surface area contributed by atoms with Crippen LogP contribution in [0.2, 0.25) is 5.02 Å². The molecule has 10 heteroatoms. The molecule has 0 saturated carbocycles. The van der Waals surface area contributed by atoms with Crippen LogP contribution in [0.1, 0.15) is 226 Å². The summed E-state index contributed by atoms with van der Waals surface area (Å²) in [7, 11) is 0. The third kappa shape index (κ3) is 24.5. The first-order chi connectivity index (χ1) is 35.9. The summed E-state index contributed by atoms with van der Waals surface area (Å²) in [5.41, 5.74) is 13.0. The van der Waals surface area contributed by atoms with Crippen LogP contribution in [0.3, 0.4) is 0 Å². The molecule has 6 aromatic carbocycles. The fraction of sp³-hybridized carbons (Fsp3) is 0.464. The van der Waals surface area contributed by atoms with Gasteiger partial charge in [0.1, 0.15) is 5.82 Å². The number of aliphatic hydroxyl groups excluding tert-OH is 1. The molecular weight excluding hydrogens is 1030 g/mol. The lowest BCUT2D eigenvalue weighted by Crippen LogP contribution is -2.15. The number of aliphatic hydroxyl groups is 1. The van der Waals surface area contributed by atoms with Crippen LogP contribution in [-0.2, 0) is 40.6 Å². The van der Waals surface area contributed by atoms with Crippen molar-refractivity contribution < 1.29 is 35.8 Å². The molecule has 79 heavy (non-hydrogen) atoms. The molecule has 0 amide bonds. The Labute approximate surface area is 476 Å². The number of halogens is 8. The molecule has 6 rings (SSSR count). The smallest absolute Gasteiger partial charge is 0.392 e. The van der Waals surface area contributed by atoms with E-state index in [-0.39, 0.29) is 34.3 Å². The zero-order valence-corrected chi connectivity index (χ0v) is 52.1. The molecule has 0 aromatic heterocycles. The highest BCUT2D eigenvalue weighted by atomic mass is 35.5. The van der Waals surface area contributed by atoms with Crippen LogP contribution in [0.4, 0.5) is 30.7 Å². The molecule has 0 fully saturated rings. The molecule has 0 unspecified atom stereocenters. The van der Waals surface area contributed by atoms with Gasteiger partial charge in [-0.3, -0.25) is 0 Å². The molecule has 0 atom stereocenters. The molecule has 0 aliphatic heterocycles. The summed E-state index contributed by atoms with van der Waals surface area (Å²) in [6.07, 6.45) is -8.84. The van der Waals surface area contributed by atoms with Crippen molar-refractivity contribution in [3.8, 4) is 6.07 Å². The highest BCUT2D eigenvalue weighted by Crippen LogP contribution is 2.35. The maximum absolute atomic E-state index is 13.4. The second kappa shape index (κ2) is 29.9. The van der Waals surface area contributed by atoms with Crippen molar-refractivity contribution in [2.75, 3.05) is 0 Å². The third-order valence-corrected chi connectivity index (χ3v) is 13.3. The fourth-order valence-corrected chi connectivity index (χ4v) is 8.89. The van der Waals surface area contributed by atoms with Crippen LogP contribution in [0.5, 0.6) is 0 Å². The first kappa shape index (κ1) is 71.6. The number of hydrogen-bond donors (Lipinski definition) is 1. The zero-order valence-electron chi connectivity index (χ0n) is 51.3. The Kier molecular flexibility index (Phi) is 27.1. The summed E-state index contributed by atoms with van der Waals surface area (Å²) in [6.45, 7) is 46.0. The van der Waals surface area contributed by atoms with Crippen molar-refractivity contribution in [1.82, 2.24) is 0 Å². The topological polar surface area (TPSA) is 44.0 Å². The molecule has 1 N–H and O–H groups in total. The van der Waals surface area contributed by atoms with Gasteiger partial charge in [0.15, 0.2) is 0 Å². The molecule has 0 aliphatic rings. The molecule has 6 aromatic rings. The molecule has 0 saturated heterocycles. The Morgan fingerprint density at radius 2 is 0.873 bits per heavy atom. The Bertz CT molecular complexity index is 2810. The van der Waals surface area contributed by atoms with Crippen molar-refractivity contribution in [1.29, 1.82) is 5.26 Å². The van der Waals surface area contributed by atoms with Gasteiger partial charge in [-0.15, -0.1) is 0 Å². The van der Waals surface area contributed by atoms with Crippen LogP contribution < -0.4 is 0 Å². The first-order valence-electron chi connectivity index (χ1n) is 27.0. The van der Waals surface area contributed by atoms with Gasteiger partial charge in [-0.05, 0) is 177 Å². The standard InChI is InChI=1S/C13H20.C12H18.C11H15Cl.C11H12F4.C11H13F3O.C11H13N/c1-10(2)11-6-8-12(9-7-11)13(3,4)5;1-9-6-7-11(10(2)8-9)12(3,4)5;1-8-7-9(12)5-6-10(8)11(2,3)4;1-10(2,3)8-5-4-7(6-9(8)12)11(13,14)15;1-7(2)10-4-3-9(11(12,13)14)5-8(10)6-15;1-8(2)11-5-4-10(7-12)6-9(11)3/h6-10H,1-5H3;6-8H,1-5H3;5-7H,1-4H3;4-6H,1-3H3;3-5,7,15H,6H2,1-2H3;4-6,8H,1-3H3. The summed E-state index contributed by atoms with van der Waals surface area (Å²) in [4.78, 5) is 0. The summed E-state index contributed by atoms with van der Waals surface area (Å²) >= 11 is 5.87. The first-order valence-corrected chi connectivity index (χ1v) is 27.4. The van der Waals surface area contributed by atoms with Gasteiger partial charge >= 0.3 is 12.4 Å². The van der Waals surface area contributed by atoms with Crippen LogP contribution >= 0.6 is 11.6 Å². The van der Waals surface area contributed by atoms with E-state index in [1.165, 1.54) is 62.2 Å². The number of rotatable bonds is 4. The molecule has 434 valence electrons. The summed E-state index contributed by atoms with van der Waals surface area (Å²) in [6, 6.07) is 35.9. The summed E-state index contributed by atoms with van der Waals surface area (Å²) < 4.78 is 87.1. The Morgan fingerprint density at radius 1 is 0.456 bits per heavy atom. The van der Waals surface area contributed by atoms with E-state index in [0.29, 0.717) is 23.5 Å². The minimum Gasteiger partial charge on any atom is -0.392 e. The number of nitriles is 1. The van der Waals surface area contributed by atoms with Crippen LogP contribution in [-0.4, -0.2) is 5.11 Å². The van der Waals surface area contributed by atoms with Gasteiger partial charge in [-0.25, -0.2) is 4.39 Å². The van der Waals surface area contributed by atoms with Gasteiger partial charge in [0.2, 0.25) is 0 Å². The Hall–Kier alpha value is -5.43. The van der Waals surface area contributed by atoms with E-state index < -0.39 is 34.7 Å². The molecular formula is C69H91ClF7NO. The highest BCUT2D eigenvalue weighted by Gasteiger charge is 2.33.